The topological polar surface area (TPSA) is 16.4 Å². The average molecular weight is 744 g/mol. The van der Waals surface area contributed by atoms with Crippen molar-refractivity contribution in [1.29, 1.82) is 0 Å². The second-order valence-corrected chi connectivity index (χ2v) is 15.5. The van der Waals surface area contributed by atoms with Crippen molar-refractivity contribution in [1.82, 2.24) is 0 Å². The van der Waals surface area contributed by atoms with Gasteiger partial charge in [-0.3, -0.25) is 0 Å². The summed E-state index contributed by atoms with van der Waals surface area (Å²) in [6.45, 7) is 0. The van der Waals surface area contributed by atoms with E-state index in [1.54, 1.807) is 0 Å². The van der Waals surface area contributed by atoms with Crippen LogP contribution in [0.5, 0.6) is 0 Å². The van der Waals surface area contributed by atoms with Gasteiger partial charge in [-0.05, 0) is 105 Å². The minimum Gasteiger partial charge on any atom is -0.455 e. The van der Waals surface area contributed by atoms with Gasteiger partial charge in [0.15, 0.2) is 0 Å². The van der Waals surface area contributed by atoms with Gasteiger partial charge in [-0.1, -0.05) is 170 Å². The molecule has 0 saturated heterocycles. The molecule has 2 heteroatoms. The third kappa shape index (κ3) is 5.97. The van der Waals surface area contributed by atoms with Crippen LogP contribution in [0.3, 0.4) is 0 Å². The number of para-hydroxylation sites is 3. The zero-order valence-corrected chi connectivity index (χ0v) is 32.2. The van der Waals surface area contributed by atoms with E-state index < -0.39 is 0 Å². The molecular formula is C56H41NO. The second kappa shape index (κ2) is 14.4. The van der Waals surface area contributed by atoms with Crippen LogP contribution in [0.15, 0.2) is 204 Å². The summed E-state index contributed by atoms with van der Waals surface area (Å²) >= 11 is 0. The standard InChI is InChI=1S/C56H41NO/c1-2-15-42-37-43(28-27-38(42)13-1)48-18-5-6-19-50(48)51-20-7-9-25-54(51)57(44-33-29-40(30-34-44)47-22-11-16-39-14-3-4-17-46(39)47)45-35-31-41(32-36-45)49-23-12-24-53-52-21-8-10-26-55(52)58-56(49)53/h1-5,7-18,20-27,29-37,43H,6,19,28H2. The highest BCUT2D eigenvalue weighted by atomic mass is 16.3. The zero-order valence-electron chi connectivity index (χ0n) is 32.2. The van der Waals surface area contributed by atoms with Gasteiger partial charge in [0.1, 0.15) is 11.2 Å². The van der Waals surface area contributed by atoms with Crippen LogP contribution in [0.1, 0.15) is 24.8 Å². The lowest BCUT2D eigenvalue weighted by molar-refractivity contribution is 0.670. The van der Waals surface area contributed by atoms with Crippen LogP contribution in [0.25, 0.3) is 72.7 Å². The van der Waals surface area contributed by atoms with Crippen LogP contribution in [-0.2, 0) is 0 Å². The number of allylic oxidation sites excluding steroid dienone is 4. The molecule has 8 aromatic carbocycles. The molecule has 9 aromatic rings. The van der Waals surface area contributed by atoms with Crippen molar-refractivity contribution in [2.45, 2.75) is 19.3 Å². The van der Waals surface area contributed by atoms with Crippen molar-refractivity contribution in [2.75, 3.05) is 4.90 Å². The summed E-state index contributed by atoms with van der Waals surface area (Å²) in [7, 11) is 0. The van der Waals surface area contributed by atoms with Crippen LogP contribution in [0.4, 0.5) is 17.1 Å². The summed E-state index contributed by atoms with van der Waals surface area (Å²) in [5.74, 6) is 0.322. The molecule has 0 radical (unpaired) electrons. The van der Waals surface area contributed by atoms with Gasteiger partial charge < -0.3 is 9.32 Å². The Kier molecular flexibility index (Phi) is 8.47. The summed E-state index contributed by atoms with van der Waals surface area (Å²) in [6, 6.07) is 65.9. The van der Waals surface area contributed by atoms with Crippen LogP contribution in [-0.4, -0.2) is 0 Å². The molecule has 1 aromatic heterocycles. The minimum absolute atomic E-state index is 0.322. The predicted octanol–water partition coefficient (Wildman–Crippen LogP) is 13.9. The highest BCUT2D eigenvalue weighted by Crippen LogP contribution is 2.45. The summed E-state index contributed by atoms with van der Waals surface area (Å²) in [5.41, 5.74) is 14.0. The average Bonchev–Trinajstić information content (AvgIpc) is 3.69. The van der Waals surface area contributed by atoms with Crippen molar-refractivity contribution in [3.8, 4) is 22.3 Å². The first-order valence-electron chi connectivity index (χ1n) is 20.4. The maximum atomic E-state index is 6.47. The van der Waals surface area contributed by atoms with Gasteiger partial charge >= 0.3 is 0 Å². The maximum absolute atomic E-state index is 6.47. The number of anilines is 3. The highest BCUT2D eigenvalue weighted by molar-refractivity contribution is 6.09. The summed E-state index contributed by atoms with van der Waals surface area (Å²) in [5, 5.41) is 7.45. The Morgan fingerprint density at radius 1 is 0.500 bits per heavy atom. The zero-order chi connectivity index (χ0) is 38.4. The number of nitrogens with zero attached hydrogens (tertiary/aromatic N) is 1. The first kappa shape index (κ1) is 34.1. The van der Waals surface area contributed by atoms with Crippen molar-refractivity contribution in [3.05, 3.63) is 216 Å². The van der Waals surface area contributed by atoms with E-state index >= 15 is 0 Å². The molecule has 2 nitrogen and oxygen atoms in total. The smallest absolute Gasteiger partial charge is 0.143 e. The Balaban J connectivity index is 1.05. The molecule has 1 unspecified atom stereocenters. The largest absolute Gasteiger partial charge is 0.455 e. The Labute approximate surface area is 338 Å². The van der Waals surface area contributed by atoms with Crippen LogP contribution < -0.4 is 15.3 Å². The molecule has 2 aliphatic rings. The maximum Gasteiger partial charge on any atom is 0.143 e. The van der Waals surface area contributed by atoms with Gasteiger partial charge in [0.05, 0.1) is 5.69 Å². The Bertz CT molecular complexity index is 3190. The van der Waals surface area contributed by atoms with E-state index in [1.807, 2.05) is 6.07 Å². The molecular weight excluding hydrogens is 703 g/mol. The third-order valence-corrected chi connectivity index (χ3v) is 12.1. The first-order chi connectivity index (χ1) is 28.8. The van der Waals surface area contributed by atoms with E-state index in [0.717, 1.165) is 63.7 Å². The molecule has 2 aliphatic carbocycles. The van der Waals surface area contributed by atoms with Gasteiger partial charge in [-0.15, -0.1) is 0 Å². The van der Waals surface area contributed by atoms with Crippen molar-refractivity contribution in [2.24, 2.45) is 5.92 Å². The molecule has 0 bridgehead atoms. The van der Waals surface area contributed by atoms with E-state index in [0.29, 0.717) is 5.92 Å². The van der Waals surface area contributed by atoms with Crippen LogP contribution in [0.2, 0.25) is 0 Å². The molecule has 0 amide bonds. The fourth-order valence-corrected chi connectivity index (χ4v) is 9.31. The molecule has 58 heavy (non-hydrogen) atoms. The van der Waals surface area contributed by atoms with Gasteiger partial charge in [-0.2, -0.15) is 0 Å². The van der Waals surface area contributed by atoms with Gasteiger partial charge in [0.25, 0.3) is 0 Å². The normalized spacial score (nSPS) is 15.0. The highest BCUT2D eigenvalue weighted by Gasteiger charge is 2.24. The molecule has 0 saturated carbocycles. The molecule has 0 aliphatic heterocycles. The third-order valence-electron chi connectivity index (χ3n) is 12.1. The van der Waals surface area contributed by atoms with Gasteiger partial charge in [-0.25, -0.2) is 0 Å². The number of hydrogen-bond acceptors (Lipinski definition) is 2. The summed E-state index contributed by atoms with van der Waals surface area (Å²) < 4.78 is 6.47. The fraction of sp³-hybridized carbons (Fsp3) is 0.0714. The molecule has 0 spiro atoms. The van der Waals surface area contributed by atoms with Crippen molar-refractivity contribution >= 4 is 67.5 Å². The van der Waals surface area contributed by atoms with Crippen LogP contribution in [0, 0.1) is 5.92 Å². The number of hydrogen-bond donors (Lipinski definition) is 0. The quantitative estimate of drug-likeness (QED) is 0.162. The van der Waals surface area contributed by atoms with E-state index in [-0.39, 0.29) is 0 Å². The lowest BCUT2D eigenvalue weighted by Crippen LogP contribution is -2.29. The monoisotopic (exact) mass is 743 g/mol. The SMILES string of the molecule is C1=CC(C2C=c3ccccc3=CC2)=C(c2ccccc2N(c2ccc(-c3cccc4ccccc34)cc2)c2ccc(-c3cccc4c3oc3ccccc34)cc2)CC1. The lowest BCUT2D eigenvalue weighted by Gasteiger charge is -2.31. The van der Waals surface area contributed by atoms with Crippen molar-refractivity contribution < 1.29 is 4.42 Å². The fourth-order valence-electron chi connectivity index (χ4n) is 9.31. The van der Waals surface area contributed by atoms with Gasteiger partial charge in [0.2, 0.25) is 0 Å². The van der Waals surface area contributed by atoms with Crippen LogP contribution >= 0.6 is 0 Å². The number of furan rings is 1. The molecule has 11 rings (SSSR count). The second-order valence-electron chi connectivity index (χ2n) is 15.5. The summed E-state index contributed by atoms with van der Waals surface area (Å²) in [4.78, 5) is 2.45. The first-order valence-corrected chi connectivity index (χ1v) is 20.4. The number of fused-ring (bicyclic) bond motifs is 5. The lowest BCUT2D eigenvalue weighted by atomic mass is 9.81. The van der Waals surface area contributed by atoms with Crippen molar-refractivity contribution in [3.63, 3.8) is 0 Å². The summed E-state index contributed by atoms with van der Waals surface area (Å²) in [6.07, 6.45) is 12.7. The number of benzene rings is 8. The van der Waals surface area contributed by atoms with E-state index in [9.17, 15) is 0 Å². The van der Waals surface area contributed by atoms with Gasteiger partial charge in [0, 0.05) is 39.2 Å². The minimum atomic E-state index is 0.322. The molecule has 1 atom stereocenters. The Hall–Kier alpha value is -7.16. The van der Waals surface area contributed by atoms with E-state index in [4.69, 9.17) is 4.42 Å². The molecule has 1 heterocycles. The van der Waals surface area contributed by atoms with E-state index in [2.05, 4.69) is 205 Å². The number of rotatable bonds is 7. The molecule has 276 valence electrons. The van der Waals surface area contributed by atoms with E-state index in [1.165, 1.54) is 54.7 Å². The Morgan fingerprint density at radius 3 is 1.97 bits per heavy atom. The molecule has 0 N–H and O–H groups in total. The predicted molar refractivity (Wildman–Crippen MR) is 245 cm³/mol. The molecule has 0 fully saturated rings. The Morgan fingerprint density at radius 2 is 1.12 bits per heavy atom.